The Balaban J connectivity index is 2.13. The second-order valence-corrected chi connectivity index (χ2v) is 5.92. The third-order valence-corrected chi connectivity index (χ3v) is 4.65. The molecular weight excluding hydrogens is 260 g/mol. The second-order valence-electron chi connectivity index (χ2n) is 5.92. The molecule has 0 aromatic heterocycles. The van der Waals surface area contributed by atoms with Crippen molar-refractivity contribution in [2.75, 3.05) is 7.11 Å². The smallest absolute Gasteiger partial charge is 0.169 e. The van der Waals surface area contributed by atoms with Crippen LogP contribution in [0.4, 0.5) is 0 Å². The van der Waals surface area contributed by atoms with Crippen molar-refractivity contribution in [3.63, 3.8) is 0 Å². The van der Waals surface area contributed by atoms with Gasteiger partial charge in [0.15, 0.2) is 5.78 Å². The first-order valence-electron chi connectivity index (χ1n) is 7.51. The van der Waals surface area contributed by atoms with Crippen molar-refractivity contribution in [1.29, 1.82) is 0 Å². The molecule has 2 atom stereocenters. The number of rotatable bonds is 2. The Labute approximate surface area is 126 Å². The lowest BCUT2D eigenvalue weighted by molar-refractivity contribution is -0.117. The van der Waals surface area contributed by atoms with E-state index in [1.54, 1.807) is 7.11 Å². The molecule has 0 aliphatic heterocycles. The molecule has 21 heavy (non-hydrogen) atoms. The summed E-state index contributed by atoms with van der Waals surface area (Å²) in [5, 5.41) is 0. The summed E-state index contributed by atoms with van der Waals surface area (Å²) >= 11 is 0. The number of fused-ring (bicyclic) bond motifs is 2. The van der Waals surface area contributed by atoms with Crippen LogP contribution in [0.25, 0.3) is 5.57 Å². The number of Topliss-reactive ketones (excluding diaryl/α,β-unsaturated/α-hetero) is 1. The maximum Gasteiger partial charge on any atom is 0.169 e. The van der Waals surface area contributed by atoms with Gasteiger partial charge in [-0.3, -0.25) is 4.79 Å². The number of ketones is 1. The highest BCUT2D eigenvalue weighted by atomic mass is 16.5. The van der Waals surface area contributed by atoms with Crippen molar-refractivity contribution in [2.45, 2.75) is 33.1 Å². The Morgan fingerprint density at radius 1 is 1.24 bits per heavy atom. The summed E-state index contributed by atoms with van der Waals surface area (Å²) in [6, 6.07) is 6.06. The standard InChI is InChI=1S/C19H20O2/c1-4-5-13-6-9-16(12(2)10-13)17-18(20)14-7-8-15(11-14)19(17)21-3/h6,9-10,14-15H,7-8,11H2,1-3H3. The minimum atomic E-state index is 0.193. The fourth-order valence-electron chi connectivity index (χ4n) is 3.69. The molecule has 2 heteroatoms. The molecule has 1 aromatic carbocycles. The number of carbonyl (C=O) groups is 1. The lowest BCUT2D eigenvalue weighted by Gasteiger charge is -2.25. The van der Waals surface area contributed by atoms with Gasteiger partial charge in [0.05, 0.1) is 12.7 Å². The zero-order valence-corrected chi connectivity index (χ0v) is 12.8. The highest BCUT2D eigenvalue weighted by Crippen LogP contribution is 2.46. The SMILES string of the molecule is CC#Cc1ccc(C2=C(OC)C3CCC(C3)C2=O)c(C)c1. The Morgan fingerprint density at radius 2 is 2.00 bits per heavy atom. The average molecular weight is 280 g/mol. The highest BCUT2D eigenvalue weighted by molar-refractivity contribution is 6.23. The van der Waals surface area contributed by atoms with Gasteiger partial charge in [-0.1, -0.05) is 12.0 Å². The molecule has 2 nitrogen and oxygen atoms in total. The molecule has 2 aliphatic carbocycles. The molecule has 0 radical (unpaired) electrons. The Bertz CT molecular complexity index is 685. The minimum absolute atomic E-state index is 0.193. The van der Waals surface area contributed by atoms with Gasteiger partial charge in [0.2, 0.25) is 0 Å². The van der Waals surface area contributed by atoms with Crippen molar-refractivity contribution in [3.8, 4) is 11.8 Å². The summed E-state index contributed by atoms with van der Waals surface area (Å²) in [5.41, 5.74) is 3.90. The van der Waals surface area contributed by atoms with Gasteiger partial charge in [-0.05, 0) is 56.4 Å². The average Bonchev–Trinajstić information content (AvgIpc) is 2.90. The Hall–Kier alpha value is -2.01. The summed E-state index contributed by atoms with van der Waals surface area (Å²) in [7, 11) is 1.69. The first kappa shape index (κ1) is 13.9. The molecule has 0 N–H and O–H groups in total. The third kappa shape index (κ3) is 2.27. The van der Waals surface area contributed by atoms with Gasteiger partial charge >= 0.3 is 0 Å². The molecule has 108 valence electrons. The summed E-state index contributed by atoms with van der Waals surface area (Å²) < 4.78 is 5.62. The van der Waals surface area contributed by atoms with Gasteiger partial charge in [-0.15, -0.1) is 5.92 Å². The predicted molar refractivity (Wildman–Crippen MR) is 83.5 cm³/mol. The van der Waals surface area contributed by atoms with Crippen molar-refractivity contribution in [1.82, 2.24) is 0 Å². The summed E-state index contributed by atoms with van der Waals surface area (Å²) in [6.45, 7) is 3.87. The van der Waals surface area contributed by atoms with E-state index in [2.05, 4.69) is 17.9 Å². The van der Waals surface area contributed by atoms with Crippen LogP contribution < -0.4 is 0 Å². The van der Waals surface area contributed by atoms with E-state index in [4.69, 9.17) is 4.74 Å². The van der Waals surface area contributed by atoms with Crippen LogP contribution in [0.1, 0.15) is 42.9 Å². The molecule has 0 heterocycles. The molecule has 1 saturated carbocycles. The van der Waals surface area contributed by atoms with Crippen molar-refractivity contribution in [3.05, 3.63) is 40.6 Å². The van der Waals surface area contributed by atoms with Gasteiger partial charge < -0.3 is 4.74 Å². The Kier molecular flexibility index (Phi) is 3.59. The van der Waals surface area contributed by atoms with E-state index >= 15 is 0 Å². The first-order chi connectivity index (χ1) is 10.2. The molecule has 2 unspecified atom stereocenters. The van der Waals surface area contributed by atoms with E-state index in [1.165, 1.54) is 0 Å². The van der Waals surface area contributed by atoms with E-state index < -0.39 is 0 Å². The molecule has 0 saturated heterocycles. The molecule has 2 aliphatic rings. The maximum atomic E-state index is 12.7. The van der Waals surface area contributed by atoms with Crippen LogP contribution in [-0.4, -0.2) is 12.9 Å². The van der Waals surface area contributed by atoms with Crippen LogP contribution in [0.5, 0.6) is 0 Å². The molecule has 0 spiro atoms. The second kappa shape index (κ2) is 5.41. The normalized spacial score (nSPS) is 23.9. The third-order valence-electron chi connectivity index (χ3n) is 4.65. The van der Waals surface area contributed by atoms with Crippen LogP contribution in [0.15, 0.2) is 24.0 Å². The van der Waals surface area contributed by atoms with Gasteiger partial charge in [0.25, 0.3) is 0 Å². The van der Waals surface area contributed by atoms with Gasteiger partial charge in [0, 0.05) is 17.4 Å². The zero-order valence-electron chi connectivity index (χ0n) is 12.8. The molecule has 3 rings (SSSR count). The number of allylic oxidation sites excluding steroid dienone is 2. The molecular formula is C19H20O2. The topological polar surface area (TPSA) is 26.3 Å². The lowest BCUT2D eigenvalue weighted by Crippen LogP contribution is -2.22. The van der Waals surface area contributed by atoms with Crippen LogP contribution in [0.3, 0.4) is 0 Å². The maximum absolute atomic E-state index is 12.7. The van der Waals surface area contributed by atoms with Crippen LogP contribution in [0, 0.1) is 30.6 Å². The van der Waals surface area contributed by atoms with E-state index in [0.717, 1.165) is 47.3 Å². The van der Waals surface area contributed by atoms with Gasteiger partial charge in [0.1, 0.15) is 5.76 Å². The van der Waals surface area contributed by atoms with E-state index in [1.807, 2.05) is 26.0 Å². The number of benzene rings is 1. The molecule has 1 fully saturated rings. The monoisotopic (exact) mass is 280 g/mol. The highest BCUT2D eigenvalue weighted by Gasteiger charge is 2.42. The van der Waals surface area contributed by atoms with Gasteiger partial charge in [-0.2, -0.15) is 0 Å². The summed E-state index contributed by atoms with van der Waals surface area (Å²) in [6.07, 6.45) is 3.03. The number of hydrogen-bond acceptors (Lipinski definition) is 2. The number of carbonyl (C=O) groups excluding carboxylic acids is 1. The summed E-state index contributed by atoms with van der Waals surface area (Å²) in [4.78, 5) is 12.7. The predicted octanol–water partition coefficient (Wildman–Crippen LogP) is 3.72. The van der Waals surface area contributed by atoms with Crippen molar-refractivity contribution in [2.24, 2.45) is 11.8 Å². The van der Waals surface area contributed by atoms with Crippen LogP contribution >= 0.6 is 0 Å². The quantitative estimate of drug-likeness (QED) is 0.772. The van der Waals surface area contributed by atoms with Crippen molar-refractivity contribution >= 4 is 11.4 Å². The fourth-order valence-corrected chi connectivity index (χ4v) is 3.69. The van der Waals surface area contributed by atoms with E-state index in [9.17, 15) is 4.79 Å². The summed E-state index contributed by atoms with van der Waals surface area (Å²) in [5.74, 6) is 7.74. The number of ether oxygens (including phenoxy) is 1. The van der Waals surface area contributed by atoms with Crippen molar-refractivity contribution < 1.29 is 9.53 Å². The zero-order chi connectivity index (χ0) is 15.0. The van der Waals surface area contributed by atoms with E-state index in [-0.39, 0.29) is 11.7 Å². The largest absolute Gasteiger partial charge is 0.500 e. The number of methoxy groups -OCH3 is 1. The van der Waals surface area contributed by atoms with Crippen LogP contribution in [0.2, 0.25) is 0 Å². The lowest BCUT2D eigenvalue weighted by atomic mass is 9.82. The first-order valence-corrected chi connectivity index (χ1v) is 7.51. The Morgan fingerprint density at radius 3 is 2.67 bits per heavy atom. The molecule has 2 bridgehead atoms. The molecule has 0 amide bonds. The fraction of sp³-hybridized carbons (Fsp3) is 0.421. The van der Waals surface area contributed by atoms with Crippen LogP contribution in [-0.2, 0) is 9.53 Å². The molecule has 1 aromatic rings. The van der Waals surface area contributed by atoms with Gasteiger partial charge in [-0.25, -0.2) is 0 Å². The minimum Gasteiger partial charge on any atom is -0.500 e. The van der Waals surface area contributed by atoms with E-state index in [0.29, 0.717) is 5.92 Å². The number of aryl methyl sites for hydroxylation is 1. The number of hydrogen-bond donors (Lipinski definition) is 0.